The molecule has 0 radical (unpaired) electrons. The fourth-order valence-corrected chi connectivity index (χ4v) is 4.35. The Labute approximate surface area is 137 Å². The highest BCUT2D eigenvalue weighted by Gasteiger charge is 2.23. The lowest BCUT2D eigenvalue weighted by Gasteiger charge is -2.26. The van der Waals surface area contributed by atoms with Gasteiger partial charge in [0.1, 0.15) is 0 Å². The van der Waals surface area contributed by atoms with E-state index in [2.05, 4.69) is 59.6 Å². The lowest BCUT2D eigenvalue weighted by molar-refractivity contribution is 0.684. The van der Waals surface area contributed by atoms with Crippen LogP contribution >= 0.6 is 0 Å². The van der Waals surface area contributed by atoms with Gasteiger partial charge in [0.2, 0.25) is 0 Å². The van der Waals surface area contributed by atoms with Gasteiger partial charge in [-0.15, -0.1) is 0 Å². The molecule has 2 aromatic rings. The van der Waals surface area contributed by atoms with Crippen molar-refractivity contribution in [3.63, 3.8) is 0 Å². The standard InChI is InChI=1S/C22H21N/c1-2-6-16-13-17(10-9-15(16)5-1)18-11-12-20-19-7-3-4-8-21(19)23-22(20)14-18/h2-4,6-10,14,17,23H,1,5,11-13H2. The number of hydrogen-bond acceptors (Lipinski definition) is 0. The molecule has 23 heavy (non-hydrogen) atoms. The molecule has 1 heteroatoms. The zero-order valence-corrected chi connectivity index (χ0v) is 13.3. The van der Waals surface area contributed by atoms with E-state index in [9.17, 15) is 0 Å². The van der Waals surface area contributed by atoms with E-state index in [4.69, 9.17) is 0 Å². The molecule has 114 valence electrons. The molecule has 0 bridgehead atoms. The van der Waals surface area contributed by atoms with Crippen LogP contribution in [-0.4, -0.2) is 4.98 Å². The maximum atomic E-state index is 3.61. The summed E-state index contributed by atoms with van der Waals surface area (Å²) in [6, 6.07) is 8.69. The Kier molecular flexibility index (Phi) is 2.94. The Hall–Kier alpha value is -2.28. The number of fused-ring (bicyclic) bond motifs is 3. The number of H-pyrrole nitrogens is 1. The van der Waals surface area contributed by atoms with Crippen LogP contribution in [0.4, 0.5) is 0 Å². The number of benzene rings is 1. The minimum atomic E-state index is 0.580. The molecule has 5 rings (SSSR count). The van der Waals surface area contributed by atoms with E-state index in [0.29, 0.717) is 5.92 Å². The van der Waals surface area contributed by atoms with E-state index in [1.54, 1.807) is 16.7 Å². The highest BCUT2D eigenvalue weighted by molar-refractivity contribution is 5.88. The zero-order valence-electron chi connectivity index (χ0n) is 13.3. The second-order valence-electron chi connectivity index (χ2n) is 6.94. The highest BCUT2D eigenvalue weighted by atomic mass is 14.7. The van der Waals surface area contributed by atoms with Gasteiger partial charge >= 0.3 is 0 Å². The Bertz CT molecular complexity index is 901. The zero-order chi connectivity index (χ0) is 15.2. The van der Waals surface area contributed by atoms with E-state index < -0.39 is 0 Å². The predicted octanol–water partition coefficient (Wildman–Crippen LogP) is 5.72. The maximum Gasteiger partial charge on any atom is 0.0461 e. The molecule has 0 saturated heterocycles. The number of aromatic amines is 1. The van der Waals surface area contributed by atoms with Crippen LogP contribution in [0.3, 0.4) is 0 Å². The average Bonchev–Trinajstić information content (AvgIpc) is 2.99. The van der Waals surface area contributed by atoms with Crippen molar-refractivity contribution < 1.29 is 0 Å². The van der Waals surface area contributed by atoms with Crippen LogP contribution < -0.4 is 0 Å². The second kappa shape index (κ2) is 5.13. The topological polar surface area (TPSA) is 15.8 Å². The smallest absolute Gasteiger partial charge is 0.0461 e. The Morgan fingerprint density at radius 2 is 1.91 bits per heavy atom. The molecule has 1 unspecified atom stereocenters. The van der Waals surface area contributed by atoms with Crippen LogP contribution in [-0.2, 0) is 6.42 Å². The summed E-state index contributed by atoms with van der Waals surface area (Å²) in [5.41, 5.74) is 8.82. The summed E-state index contributed by atoms with van der Waals surface area (Å²) in [7, 11) is 0. The van der Waals surface area contributed by atoms with Crippen molar-refractivity contribution in [1.82, 2.24) is 4.98 Å². The van der Waals surface area contributed by atoms with E-state index in [-0.39, 0.29) is 0 Å². The number of para-hydroxylation sites is 1. The first-order valence-corrected chi connectivity index (χ1v) is 8.75. The van der Waals surface area contributed by atoms with Crippen LogP contribution in [0.5, 0.6) is 0 Å². The molecule has 0 aliphatic heterocycles. The molecular formula is C22H21N. The summed E-state index contributed by atoms with van der Waals surface area (Å²) in [5, 5.41) is 1.40. The molecule has 1 aromatic heterocycles. The molecule has 0 amide bonds. The third kappa shape index (κ3) is 2.15. The first kappa shape index (κ1) is 13.2. The Balaban J connectivity index is 1.50. The van der Waals surface area contributed by atoms with Gasteiger partial charge in [0.25, 0.3) is 0 Å². The minimum absolute atomic E-state index is 0.580. The fourth-order valence-electron chi connectivity index (χ4n) is 4.35. The number of aromatic nitrogens is 1. The molecule has 3 aliphatic carbocycles. The molecule has 1 nitrogen and oxygen atoms in total. The maximum absolute atomic E-state index is 3.61. The van der Waals surface area contributed by atoms with Gasteiger partial charge in [-0.05, 0) is 61.0 Å². The van der Waals surface area contributed by atoms with Crippen molar-refractivity contribution in [3.8, 4) is 0 Å². The van der Waals surface area contributed by atoms with Crippen molar-refractivity contribution in [1.29, 1.82) is 0 Å². The summed E-state index contributed by atoms with van der Waals surface area (Å²) in [6.45, 7) is 0. The van der Waals surface area contributed by atoms with Crippen molar-refractivity contribution in [2.75, 3.05) is 0 Å². The first-order chi connectivity index (χ1) is 11.4. The molecule has 0 saturated carbocycles. The van der Waals surface area contributed by atoms with E-state index >= 15 is 0 Å². The number of rotatable bonds is 1. The predicted molar refractivity (Wildman–Crippen MR) is 97.2 cm³/mol. The summed E-state index contributed by atoms with van der Waals surface area (Å²) in [4.78, 5) is 3.61. The molecule has 1 atom stereocenters. The molecule has 0 fully saturated rings. The molecular weight excluding hydrogens is 278 g/mol. The monoisotopic (exact) mass is 299 g/mol. The summed E-state index contributed by atoms with van der Waals surface area (Å²) in [5.74, 6) is 0.580. The van der Waals surface area contributed by atoms with Gasteiger partial charge in [-0.25, -0.2) is 0 Å². The lowest BCUT2D eigenvalue weighted by Crippen LogP contribution is -2.12. The van der Waals surface area contributed by atoms with Gasteiger partial charge in [0, 0.05) is 22.5 Å². The van der Waals surface area contributed by atoms with Crippen LogP contribution in [0.2, 0.25) is 0 Å². The first-order valence-electron chi connectivity index (χ1n) is 8.75. The van der Waals surface area contributed by atoms with E-state index in [1.165, 1.54) is 47.8 Å². The lowest BCUT2D eigenvalue weighted by atomic mass is 9.78. The Morgan fingerprint density at radius 1 is 0.957 bits per heavy atom. The molecule has 1 aromatic carbocycles. The highest BCUT2D eigenvalue weighted by Crippen LogP contribution is 2.39. The van der Waals surface area contributed by atoms with E-state index in [1.807, 2.05) is 0 Å². The third-order valence-electron chi connectivity index (χ3n) is 5.60. The van der Waals surface area contributed by atoms with Gasteiger partial charge in [-0.1, -0.05) is 48.1 Å². The Morgan fingerprint density at radius 3 is 2.91 bits per heavy atom. The normalized spacial score (nSPS) is 23.0. The summed E-state index contributed by atoms with van der Waals surface area (Å²) in [6.07, 6.45) is 17.9. The SMILES string of the molecule is C1=CC2=C(C=CC(C3=Cc4[nH]c5ccccc5c4CC3)C2)CC1. The number of hydrogen-bond donors (Lipinski definition) is 1. The van der Waals surface area contributed by atoms with Crippen LogP contribution in [0.25, 0.3) is 17.0 Å². The van der Waals surface area contributed by atoms with Gasteiger partial charge in [0.15, 0.2) is 0 Å². The van der Waals surface area contributed by atoms with Crippen molar-refractivity contribution in [3.05, 3.63) is 76.5 Å². The average molecular weight is 299 g/mol. The molecule has 1 heterocycles. The second-order valence-corrected chi connectivity index (χ2v) is 6.94. The number of aryl methyl sites for hydroxylation is 1. The van der Waals surface area contributed by atoms with Gasteiger partial charge in [0.05, 0.1) is 0 Å². The third-order valence-corrected chi connectivity index (χ3v) is 5.60. The molecule has 3 aliphatic rings. The fraction of sp³-hybridized carbons (Fsp3) is 0.273. The quantitative estimate of drug-likeness (QED) is 0.693. The minimum Gasteiger partial charge on any atom is -0.355 e. The number of nitrogens with one attached hydrogen (secondary N) is 1. The van der Waals surface area contributed by atoms with Gasteiger partial charge in [-0.2, -0.15) is 0 Å². The van der Waals surface area contributed by atoms with Crippen LogP contribution in [0.1, 0.15) is 36.9 Å². The van der Waals surface area contributed by atoms with Crippen LogP contribution in [0, 0.1) is 5.92 Å². The van der Waals surface area contributed by atoms with Gasteiger partial charge in [-0.3, -0.25) is 0 Å². The van der Waals surface area contributed by atoms with Crippen LogP contribution in [0.15, 0.2) is 65.3 Å². The van der Waals surface area contributed by atoms with Crippen molar-refractivity contribution in [2.24, 2.45) is 5.92 Å². The van der Waals surface area contributed by atoms with Crippen molar-refractivity contribution in [2.45, 2.75) is 32.1 Å². The molecule has 0 spiro atoms. The largest absolute Gasteiger partial charge is 0.355 e. The van der Waals surface area contributed by atoms with Gasteiger partial charge < -0.3 is 4.98 Å². The summed E-state index contributed by atoms with van der Waals surface area (Å²) < 4.78 is 0. The number of allylic oxidation sites excluding steroid dienone is 7. The van der Waals surface area contributed by atoms with E-state index in [0.717, 1.165) is 6.42 Å². The van der Waals surface area contributed by atoms with Crippen molar-refractivity contribution >= 4 is 17.0 Å². The summed E-state index contributed by atoms with van der Waals surface area (Å²) >= 11 is 0. The molecule has 1 N–H and O–H groups in total.